The number of hydrogen-bond acceptors (Lipinski definition) is 3. The van der Waals surface area contributed by atoms with Gasteiger partial charge in [0.1, 0.15) is 5.60 Å². The maximum absolute atomic E-state index is 12.0. The van der Waals surface area contributed by atoms with E-state index < -0.39 is 5.60 Å². The summed E-state index contributed by atoms with van der Waals surface area (Å²) in [5.74, 6) is 0.617. The highest BCUT2D eigenvalue weighted by Gasteiger charge is 2.33. The third-order valence-corrected chi connectivity index (χ3v) is 3.24. The molecule has 0 aromatic heterocycles. The Labute approximate surface area is 104 Å². The number of rotatable bonds is 2. The number of aliphatic hydroxyl groups is 1. The van der Waals surface area contributed by atoms with Gasteiger partial charge in [-0.25, -0.2) is 4.79 Å². The van der Waals surface area contributed by atoms with E-state index >= 15 is 0 Å². The van der Waals surface area contributed by atoms with E-state index in [0.29, 0.717) is 12.5 Å². The van der Waals surface area contributed by atoms with E-state index in [4.69, 9.17) is 4.74 Å². The molecule has 1 rings (SSSR count). The van der Waals surface area contributed by atoms with Crippen LogP contribution in [0.1, 0.15) is 47.0 Å². The molecule has 1 heterocycles. The third-order valence-electron chi connectivity index (χ3n) is 3.24. The van der Waals surface area contributed by atoms with Gasteiger partial charge in [0.25, 0.3) is 0 Å². The van der Waals surface area contributed by atoms with E-state index in [1.807, 2.05) is 20.8 Å². The highest BCUT2D eigenvalue weighted by atomic mass is 16.6. The number of piperidine rings is 1. The van der Waals surface area contributed by atoms with Gasteiger partial charge in [-0.15, -0.1) is 0 Å². The summed E-state index contributed by atoms with van der Waals surface area (Å²) in [7, 11) is 0. The molecule has 0 aliphatic carbocycles. The Morgan fingerprint density at radius 1 is 1.47 bits per heavy atom. The van der Waals surface area contributed by atoms with Crippen LogP contribution in [0.5, 0.6) is 0 Å². The first-order valence-electron chi connectivity index (χ1n) is 6.47. The number of carbonyl (C=O) groups is 1. The summed E-state index contributed by atoms with van der Waals surface area (Å²) in [5, 5.41) is 9.37. The van der Waals surface area contributed by atoms with Crippen molar-refractivity contribution < 1.29 is 14.6 Å². The molecule has 0 spiro atoms. The van der Waals surface area contributed by atoms with Crippen LogP contribution in [0.25, 0.3) is 0 Å². The molecule has 4 nitrogen and oxygen atoms in total. The van der Waals surface area contributed by atoms with Gasteiger partial charge in [0.05, 0.1) is 12.6 Å². The summed E-state index contributed by atoms with van der Waals surface area (Å²) in [6.45, 7) is 8.45. The fraction of sp³-hybridized carbons (Fsp3) is 0.923. The average molecular weight is 243 g/mol. The van der Waals surface area contributed by atoms with Crippen LogP contribution in [-0.4, -0.2) is 40.9 Å². The molecule has 0 radical (unpaired) electrons. The number of carbonyl (C=O) groups excluding carboxylic acids is 1. The van der Waals surface area contributed by atoms with Crippen LogP contribution in [0, 0.1) is 5.92 Å². The van der Waals surface area contributed by atoms with E-state index in [2.05, 4.69) is 6.92 Å². The third kappa shape index (κ3) is 4.19. The molecule has 100 valence electrons. The molecule has 0 bridgehead atoms. The monoisotopic (exact) mass is 243 g/mol. The minimum atomic E-state index is -0.474. The summed E-state index contributed by atoms with van der Waals surface area (Å²) in [6, 6.07) is -0.0800. The first-order valence-corrected chi connectivity index (χ1v) is 6.47. The van der Waals surface area contributed by atoms with Crippen LogP contribution >= 0.6 is 0 Å². The first kappa shape index (κ1) is 14.3. The Kier molecular flexibility index (Phi) is 4.80. The van der Waals surface area contributed by atoms with Gasteiger partial charge in [-0.2, -0.15) is 0 Å². The number of hydrogen-bond donors (Lipinski definition) is 1. The highest BCUT2D eigenvalue weighted by molar-refractivity contribution is 5.68. The zero-order valence-electron chi connectivity index (χ0n) is 11.4. The van der Waals surface area contributed by atoms with Crippen LogP contribution in [0.15, 0.2) is 0 Å². The molecule has 0 saturated carbocycles. The lowest BCUT2D eigenvalue weighted by Crippen LogP contribution is -2.49. The maximum atomic E-state index is 12.0. The Hall–Kier alpha value is -0.770. The summed E-state index contributed by atoms with van der Waals surface area (Å²) in [5.41, 5.74) is -0.474. The van der Waals surface area contributed by atoms with Gasteiger partial charge in [0.2, 0.25) is 0 Å². The molecule has 2 atom stereocenters. The molecule has 1 aliphatic heterocycles. The minimum Gasteiger partial charge on any atom is -0.444 e. The van der Waals surface area contributed by atoms with Crippen LogP contribution in [-0.2, 0) is 4.74 Å². The van der Waals surface area contributed by atoms with Crippen molar-refractivity contribution in [1.29, 1.82) is 0 Å². The highest BCUT2D eigenvalue weighted by Crippen LogP contribution is 2.26. The first-order chi connectivity index (χ1) is 7.87. The summed E-state index contributed by atoms with van der Waals surface area (Å²) in [6.07, 6.45) is 2.70. The number of ether oxygens (including phenoxy) is 1. The number of aliphatic hydroxyl groups excluding tert-OH is 1. The van der Waals surface area contributed by atoms with Crippen molar-refractivity contribution in [2.75, 3.05) is 13.2 Å². The molecule has 4 heteroatoms. The van der Waals surface area contributed by atoms with Crippen molar-refractivity contribution in [2.45, 2.75) is 58.6 Å². The van der Waals surface area contributed by atoms with E-state index in [-0.39, 0.29) is 18.7 Å². The van der Waals surface area contributed by atoms with Gasteiger partial charge in [-0.1, -0.05) is 13.3 Å². The molecule has 1 N–H and O–H groups in total. The normalized spacial score (nSPS) is 25.8. The van der Waals surface area contributed by atoms with Crippen molar-refractivity contribution in [3.05, 3.63) is 0 Å². The van der Waals surface area contributed by atoms with Crippen LogP contribution < -0.4 is 0 Å². The molecule has 17 heavy (non-hydrogen) atoms. The lowest BCUT2D eigenvalue weighted by molar-refractivity contribution is -0.00487. The molecule has 1 amide bonds. The van der Waals surface area contributed by atoms with Gasteiger partial charge in [0, 0.05) is 6.54 Å². The Balaban J connectivity index is 2.60. The van der Waals surface area contributed by atoms with Gasteiger partial charge >= 0.3 is 6.09 Å². The second-order valence-corrected chi connectivity index (χ2v) is 5.81. The Morgan fingerprint density at radius 3 is 2.59 bits per heavy atom. The Morgan fingerprint density at radius 2 is 2.12 bits per heavy atom. The average Bonchev–Trinajstić information content (AvgIpc) is 2.25. The molecule has 0 aromatic carbocycles. The molecular weight excluding hydrogens is 218 g/mol. The summed E-state index contributed by atoms with van der Waals surface area (Å²) in [4.78, 5) is 13.6. The van der Waals surface area contributed by atoms with Crippen LogP contribution in [0.3, 0.4) is 0 Å². The van der Waals surface area contributed by atoms with Gasteiger partial charge in [0.15, 0.2) is 0 Å². The van der Waals surface area contributed by atoms with Crippen molar-refractivity contribution in [1.82, 2.24) is 4.90 Å². The predicted molar refractivity (Wildman–Crippen MR) is 66.8 cm³/mol. The lowest BCUT2D eigenvalue weighted by Gasteiger charge is -2.39. The van der Waals surface area contributed by atoms with E-state index in [9.17, 15) is 9.90 Å². The standard InChI is InChI=1S/C13H25NO3/c1-5-10-6-7-14(11(8-10)9-15)12(16)17-13(2,3)4/h10-11,15H,5-9H2,1-4H3/t10-,11+/m1/s1. The molecule has 0 unspecified atom stereocenters. The van der Waals surface area contributed by atoms with Crippen molar-refractivity contribution in [3.63, 3.8) is 0 Å². The zero-order chi connectivity index (χ0) is 13.1. The fourth-order valence-corrected chi connectivity index (χ4v) is 2.24. The van der Waals surface area contributed by atoms with Crippen LogP contribution in [0.2, 0.25) is 0 Å². The molecular formula is C13H25NO3. The predicted octanol–water partition coefficient (Wildman–Crippen LogP) is 2.40. The maximum Gasteiger partial charge on any atom is 0.410 e. The van der Waals surface area contributed by atoms with Gasteiger partial charge < -0.3 is 14.7 Å². The largest absolute Gasteiger partial charge is 0.444 e. The summed E-state index contributed by atoms with van der Waals surface area (Å²) < 4.78 is 5.35. The van der Waals surface area contributed by atoms with Gasteiger partial charge in [-0.3, -0.25) is 0 Å². The topological polar surface area (TPSA) is 49.8 Å². The summed E-state index contributed by atoms with van der Waals surface area (Å²) >= 11 is 0. The second-order valence-electron chi connectivity index (χ2n) is 5.81. The smallest absolute Gasteiger partial charge is 0.410 e. The van der Waals surface area contributed by atoms with E-state index in [0.717, 1.165) is 19.3 Å². The lowest BCUT2D eigenvalue weighted by atomic mass is 9.89. The van der Waals surface area contributed by atoms with Gasteiger partial charge in [-0.05, 0) is 39.5 Å². The molecule has 0 aromatic rings. The SMILES string of the molecule is CC[C@@H]1CCN(C(=O)OC(C)(C)C)[C@H](CO)C1. The second kappa shape index (κ2) is 5.71. The van der Waals surface area contributed by atoms with E-state index in [1.165, 1.54) is 0 Å². The van der Waals surface area contributed by atoms with Crippen LogP contribution in [0.4, 0.5) is 4.79 Å². The van der Waals surface area contributed by atoms with Crippen molar-refractivity contribution >= 4 is 6.09 Å². The minimum absolute atomic E-state index is 0.0236. The Bertz CT molecular complexity index is 260. The number of amides is 1. The molecule has 1 fully saturated rings. The van der Waals surface area contributed by atoms with Crippen molar-refractivity contribution in [3.8, 4) is 0 Å². The fourth-order valence-electron chi connectivity index (χ4n) is 2.24. The number of likely N-dealkylation sites (tertiary alicyclic amines) is 1. The molecule has 1 saturated heterocycles. The molecule has 1 aliphatic rings. The van der Waals surface area contributed by atoms with Crippen molar-refractivity contribution in [2.24, 2.45) is 5.92 Å². The number of nitrogens with zero attached hydrogens (tertiary/aromatic N) is 1. The quantitative estimate of drug-likeness (QED) is 0.810. The zero-order valence-corrected chi connectivity index (χ0v) is 11.4. The van der Waals surface area contributed by atoms with E-state index in [1.54, 1.807) is 4.90 Å².